The third-order valence-corrected chi connectivity index (χ3v) is 3.90. The van der Waals surface area contributed by atoms with Crippen LogP contribution in [-0.4, -0.2) is 11.8 Å². The summed E-state index contributed by atoms with van der Waals surface area (Å²) >= 11 is 5.87. The normalized spacial score (nSPS) is 10.3. The van der Waals surface area contributed by atoms with Crippen LogP contribution in [-0.2, 0) is 0 Å². The number of anilines is 2. The number of carbonyl (C=O) groups excluding carboxylic acids is 2. The first kappa shape index (κ1) is 18.5. The van der Waals surface area contributed by atoms with Gasteiger partial charge in [0.25, 0.3) is 11.8 Å². The Bertz CT molecular complexity index is 1010. The molecule has 27 heavy (non-hydrogen) atoms. The molecule has 0 aliphatic rings. The summed E-state index contributed by atoms with van der Waals surface area (Å²) in [6.45, 7) is 0. The molecule has 0 saturated heterocycles. The SMILES string of the molecule is O=C(Nc1cccc(Cl)c1)c1ccc(C(=O)Nc2ccc(F)c(F)c2)cc1. The van der Waals surface area contributed by atoms with Crippen LogP contribution in [0.25, 0.3) is 0 Å². The first-order valence-corrected chi connectivity index (χ1v) is 8.23. The zero-order valence-corrected chi connectivity index (χ0v) is 14.6. The monoisotopic (exact) mass is 386 g/mol. The minimum atomic E-state index is -1.05. The average Bonchev–Trinajstić information content (AvgIpc) is 2.65. The van der Waals surface area contributed by atoms with E-state index >= 15 is 0 Å². The van der Waals surface area contributed by atoms with Crippen LogP contribution in [0, 0.1) is 11.6 Å². The second kappa shape index (κ2) is 7.97. The lowest BCUT2D eigenvalue weighted by Crippen LogP contribution is -2.14. The maximum Gasteiger partial charge on any atom is 0.255 e. The van der Waals surface area contributed by atoms with Gasteiger partial charge in [0, 0.05) is 33.6 Å². The quantitative estimate of drug-likeness (QED) is 0.653. The Hall–Kier alpha value is -3.25. The first-order valence-electron chi connectivity index (χ1n) is 7.86. The molecule has 2 N–H and O–H groups in total. The van der Waals surface area contributed by atoms with Crippen LogP contribution in [0.1, 0.15) is 20.7 Å². The molecule has 3 rings (SSSR count). The summed E-state index contributed by atoms with van der Waals surface area (Å²) in [5, 5.41) is 5.66. The molecule has 3 aromatic rings. The molecule has 0 saturated carbocycles. The van der Waals surface area contributed by atoms with Crippen molar-refractivity contribution >= 4 is 34.8 Å². The molecule has 4 nitrogen and oxygen atoms in total. The van der Waals surface area contributed by atoms with Crippen molar-refractivity contribution in [1.82, 2.24) is 0 Å². The number of halogens is 3. The highest BCUT2D eigenvalue weighted by Crippen LogP contribution is 2.17. The number of nitrogens with one attached hydrogen (secondary N) is 2. The highest BCUT2D eigenvalue weighted by Gasteiger charge is 2.11. The zero-order chi connectivity index (χ0) is 19.4. The van der Waals surface area contributed by atoms with Gasteiger partial charge in [0.1, 0.15) is 0 Å². The molecule has 3 aromatic carbocycles. The minimum Gasteiger partial charge on any atom is -0.322 e. The molecule has 0 heterocycles. The number of carbonyl (C=O) groups is 2. The van der Waals surface area contributed by atoms with Crippen LogP contribution in [0.2, 0.25) is 5.02 Å². The van der Waals surface area contributed by atoms with Crippen molar-refractivity contribution in [3.63, 3.8) is 0 Å². The van der Waals surface area contributed by atoms with Gasteiger partial charge in [-0.1, -0.05) is 17.7 Å². The van der Waals surface area contributed by atoms with Gasteiger partial charge < -0.3 is 10.6 Å². The van der Waals surface area contributed by atoms with E-state index in [4.69, 9.17) is 11.6 Å². The Balaban J connectivity index is 1.67. The van der Waals surface area contributed by atoms with Crippen molar-refractivity contribution in [3.8, 4) is 0 Å². The van der Waals surface area contributed by atoms with Gasteiger partial charge in [-0.3, -0.25) is 9.59 Å². The fourth-order valence-corrected chi connectivity index (χ4v) is 2.51. The van der Waals surface area contributed by atoms with Crippen LogP contribution in [0.4, 0.5) is 20.2 Å². The van der Waals surface area contributed by atoms with Gasteiger partial charge in [0.2, 0.25) is 0 Å². The molecule has 0 aliphatic carbocycles. The van der Waals surface area contributed by atoms with Crippen molar-refractivity contribution < 1.29 is 18.4 Å². The first-order chi connectivity index (χ1) is 12.9. The maximum atomic E-state index is 13.2. The Labute approximate surface area is 158 Å². The molecule has 0 fully saturated rings. The van der Waals surface area contributed by atoms with Crippen molar-refractivity contribution in [2.24, 2.45) is 0 Å². The summed E-state index contributed by atoms with van der Waals surface area (Å²) in [5.41, 5.74) is 1.28. The molecular formula is C20H13ClF2N2O2. The third-order valence-electron chi connectivity index (χ3n) is 3.67. The lowest BCUT2D eigenvalue weighted by atomic mass is 10.1. The summed E-state index contributed by atoms with van der Waals surface area (Å²) in [4.78, 5) is 24.4. The molecule has 0 aliphatic heterocycles. The predicted octanol–water partition coefficient (Wildman–Crippen LogP) is 5.12. The van der Waals surface area contributed by atoms with Crippen LogP contribution in [0.5, 0.6) is 0 Å². The van der Waals surface area contributed by atoms with Gasteiger partial charge in [0.05, 0.1) is 0 Å². The molecule has 0 radical (unpaired) electrons. The zero-order valence-electron chi connectivity index (χ0n) is 13.8. The molecule has 0 atom stereocenters. The minimum absolute atomic E-state index is 0.127. The lowest BCUT2D eigenvalue weighted by molar-refractivity contribution is 0.101. The smallest absolute Gasteiger partial charge is 0.255 e. The fourth-order valence-electron chi connectivity index (χ4n) is 2.32. The molecular weight excluding hydrogens is 374 g/mol. The number of rotatable bonds is 4. The maximum absolute atomic E-state index is 13.2. The molecule has 7 heteroatoms. The summed E-state index contributed by atoms with van der Waals surface area (Å²) in [6, 6.07) is 15.7. The second-order valence-corrected chi connectivity index (χ2v) is 6.06. The summed E-state index contributed by atoms with van der Waals surface area (Å²) in [6.07, 6.45) is 0. The largest absolute Gasteiger partial charge is 0.322 e. The van der Waals surface area contributed by atoms with Crippen molar-refractivity contribution in [1.29, 1.82) is 0 Å². The molecule has 0 aromatic heterocycles. The number of benzene rings is 3. The van der Waals surface area contributed by atoms with Gasteiger partial charge in [-0.05, 0) is 54.6 Å². The van der Waals surface area contributed by atoms with E-state index in [1.165, 1.54) is 30.3 Å². The van der Waals surface area contributed by atoms with Crippen molar-refractivity contribution in [3.05, 3.63) is 94.5 Å². The van der Waals surface area contributed by atoms with Crippen molar-refractivity contribution in [2.75, 3.05) is 10.6 Å². The number of hydrogen-bond donors (Lipinski definition) is 2. The second-order valence-electron chi connectivity index (χ2n) is 5.62. The highest BCUT2D eigenvalue weighted by atomic mass is 35.5. The summed E-state index contributed by atoms with van der Waals surface area (Å²) < 4.78 is 26.1. The fraction of sp³-hybridized carbons (Fsp3) is 0. The van der Waals surface area contributed by atoms with E-state index in [1.807, 2.05) is 0 Å². The van der Waals surface area contributed by atoms with Crippen LogP contribution in [0.3, 0.4) is 0 Å². The van der Waals surface area contributed by atoms with Gasteiger partial charge in [-0.25, -0.2) is 8.78 Å². The Kier molecular flexibility index (Phi) is 5.47. The number of hydrogen-bond acceptors (Lipinski definition) is 2. The van der Waals surface area contributed by atoms with E-state index < -0.39 is 17.5 Å². The van der Waals surface area contributed by atoms with Crippen LogP contribution < -0.4 is 10.6 Å². The molecule has 136 valence electrons. The van der Waals surface area contributed by atoms with E-state index in [-0.39, 0.29) is 17.2 Å². The van der Waals surface area contributed by atoms with Gasteiger partial charge in [-0.15, -0.1) is 0 Å². The van der Waals surface area contributed by atoms with Crippen LogP contribution in [0.15, 0.2) is 66.7 Å². The van der Waals surface area contributed by atoms with Gasteiger partial charge >= 0.3 is 0 Å². The average molecular weight is 387 g/mol. The van der Waals surface area contributed by atoms with Gasteiger partial charge in [-0.2, -0.15) is 0 Å². The Morgan fingerprint density at radius 3 is 1.78 bits per heavy atom. The molecule has 0 unspecified atom stereocenters. The summed E-state index contributed by atoms with van der Waals surface area (Å²) in [7, 11) is 0. The highest BCUT2D eigenvalue weighted by molar-refractivity contribution is 6.31. The molecule has 2 amide bonds. The van der Waals surface area contributed by atoms with Gasteiger partial charge in [0.15, 0.2) is 11.6 Å². The van der Waals surface area contributed by atoms with E-state index in [1.54, 1.807) is 24.3 Å². The third kappa shape index (κ3) is 4.68. The topological polar surface area (TPSA) is 58.2 Å². The van der Waals surface area contributed by atoms with Crippen LogP contribution >= 0.6 is 11.6 Å². The van der Waals surface area contributed by atoms with E-state index in [2.05, 4.69) is 10.6 Å². The van der Waals surface area contributed by atoms with E-state index in [0.29, 0.717) is 16.3 Å². The predicted molar refractivity (Wildman–Crippen MR) is 100 cm³/mol. The number of amides is 2. The molecule has 0 spiro atoms. The lowest BCUT2D eigenvalue weighted by Gasteiger charge is -2.08. The molecule has 0 bridgehead atoms. The van der Waals surface area contributed by atoms with E-state index in [0.717, 1.165) is 12.1 Å². The Morgan fingerprint density at radius 1 is 0.704 bits per heavy atom. The Morgan fingerprint density at radius 2 is 1.26 bits per heavy atom. The summed E-state index contributed by atoms with van der Waals surface area (Å²) in [5.74, 6) is -2.92. The van der Waals surface area contributed by atoms with E-state index in [9.17, 15) is 18.4 Å². The standard InChI is InChI=1S/C20H13ClF2N2O2/c21-14-2-1-3-15(10-14)24-19(26)12-4-6-13(7-5-12)20(27)25-16-8-9-17(22)18(23)11-16/h1-11H,(H,24,26)(H,25,27). The van der Waals surface area contributed by atoms with Crippen molar-refractivity contribution in [2.45, 2.75) is 0 Å².